The molecule has 0 atom stereocenters. The fraction of sp³-hybridized carbons (Fsp3) is 0.947. The summed E-state index contributed by atoms with van der Waals surface area (Å²) in [5.74, 6) is -0.258. The van der Waals surface area contributed by atoms with E-state index < -0.39 is 0 Å². The number of aliphatic hydroxyl groups is 4. The predicted octanol–water partition coefficient (Wildman–Crippen LogP) is -0.424. The van der Waals surface area contributed by atoms with Crippen molar-refractivity contribution in [2.75, 3.05) is 65.9 Å². The van der Waals surface area contributed by atoms with Crippen LogP contribution in [0.2, 0.25) is 0 Å². The van der Waals surface area contributed by atoms with Gasteiger partial charge in [-0.3, -0.25) is 0 Å². The van der Waals surface area contributed by atoms with Crippen LogP contribution in [0.25, 0.3) is 0 Å². The average molecular weight is 394 g/mol. The lowest BCUT2D eigenvalue weighted by Gasteiger charge is -2.21. The van der Waals surface area contributed by atoms with Gasteiger partial charge >= 0.3 is 0 Å². The zero-order chi connectivity index (χ0) is 20.3. The number of rotatable bonds is 20. The van der Waals surface area contributed by atoms with Crippen molar-refractivity contribution in [2.45, 2.75) is 32.6 Å². The number of ketones is 1. The fourth-order valence-electron chi connectivity index (χ4n) is 2.40. The molecule has 0 saturated carbocycles. The molecule has 0 aliphatic rings. The number of carbonyl (C=O) groups excluding carboxylic acids is 1. The van der Waals surface area contributed by atoms with Crippen molar-refractivity contribution in [3.8, 4) is 0 Å². The van der Waals surface area contributed by atoms with E-state index in [0.29, 0.717) is 26.2 Å². The number of nitrogens with one attached hydrogen (secondary N) is 1. The first-order chi connectivity index (χ1) is 13.1. The highest BCUT2D eigenvalue weighted by atomic mass is 16.5. The number of aliphatic hydroxyl groups excluding tert-OH is 4. The molecule has 5 N–H and O–H groups in total. The van der Waals surface area contributed by atoms with Crippen molar-refractivity contribution in [3.63, 3.8) is 0 Å². The number of unbranched alkanes of at least 4 members (excludes halogenated alkanes) is 2. The summed E-state index contributed by atoms with van der Waals surface area (Å²) in [6.45, 7) is 4.09. The molecular formula is C19H39NO7. The Morgan fingerprint density at radius 1 is 0.778 bits per heavy atom. The maximum absolute atomic E-state index is 10.9. The Hall–Kier alpha value is -0.610. The van der Waals surface area contributed by atoms with Gasteiger partial charge in [-0.05, 0) is 26.3 Å². The molecule has 0 aromatic rings. The van der Waals surface area contributed by atoms with Crippen LogP contribution >= 0.6 is 0 Å². The second-order valence-electron chi connectivity index (χ2n) is 7.12. The van der Waals surface area contributed by atoms with Gasteiger partial charge in [0.1, 0.15) is 5.78 Å². The summed E-state index contributed by atoms with van der Waals surface area (Å²) in [6.07, 6.45) is 3.56. The van der Waals surface area contributed by atoms with Crippen LogP contribution in [-0.2, 0) is 14.3 Å². The summed E-state index contributed by atoms with van der Waals surface area (Å²) in [6, 6.07) is 0. The quantitative estimate of drug-likeness (QED) is 0.176. The third-order valence-corrected chi connectivity index (χ3v) is 4.26. The van der Waals surface area contributed by atoms with Crippen molar-refractivity contribution in [2.24, 2.45) is 17.8 Å². The number of hydrogen-bond acceptors (Lipinski definition) is 8. The van der Waals surface area contributed by atoms with E-state index >= 15 is 0 Å². The maximum Gasteiger partial charge on any atom is 0.129 e. The summed E-state index contributed by atoms with van der Waals surface area (Å²) in [5.41, 5.74) is 0. The number of ether oxygens (including phenoxy) is 2. The van der Waals surface area contributed by atoms with Gasteiger partial charge in [0.2, 0.25) is 0 Å². The van der Waals surface area contributed by atoms with E-state index in [0.717, 1.165) is 25.8 Å². The summed E-state index contributed by atoms with van der Waals surface area (Å²) >= 11 is 0. The third kappa shape index (κ3) is 16.1. The van der Waals surface area contributed by atoms with Crippen LogP contribution in [0.4, 0.5) is 0 Å². The van der Waals surface area contributed by atoms with Gasteiger partial charge in [-0.2, -0.15) is 0 Å². The first-order valence-electron chi connectivity index (χ1n) is 9.86. The third-order valence-electron chi connectivity index (χ3n) is 4.26. The van der Waals surface area contributed by atoms with Crippen LogP contribution in [0, 0.1) is 17.8 Å². The van der Waals surface area contributed by atoms with Gasteiger partial charge in [0.25, 0.3) is 0 Å². The Bertz CT molecular complexity index is 318. The molecule has 0 saturated heterocycles. The Balaban J connectivity index is 4.08. The standard InChI is InChI=1S/C19H39NO7/c1-16(25)5-3-2-4-6-20-7-17(12-26-14-18(8-21)9-22)13-27-15-19(10-23)11-24/h17-24H,2-15H2,1H3. The predicted molar refractivity (Wildman–Crippen MR) is 102 cm³/mol. The SMILES string of the molecule is CC(=O)CCCCCNCC(COCC(CO)CO)COCC(CO)CO. The lowest BCUT2D eigenvalue weighted by atomic mass is 10.1. The monoisotopic (exact) mass is 393 g/mol. The molecule has 0 aliphatic carbocycles. The molecule has 0 unspecified atom stereocenters. The molecule has 0 aromatic carbocycles. The summed E-state index contributed by atoms with van der Waals surface area (Å²) in [4.78, 5) is 10.9. The Kier molecular flexibility index (Phi) is 18.3. The zero-order valence-electron chi connectivity index (χ0n) is 16.6. The summed E-state index contributed by atoms with van der Waals surface area (Å²) in [7, 11) is 0. The van der Waals surface area contributed by atoms with E-state index in [1.165, 1.54) is 0 Å². The molecule has 0 amide bonds. The fourth-order valence-corrected chi connectivity index (χ4v) is 2.40. The molecule has 8 heteroatoms. The lowest BCUT2D eigenvalue weighted by Crippen LogP contribution is -2.32. The Morgan fingerprint density at radius 3 is 1.70 bits per heavy atom. The number of hydrogen-bond donors (Lipinski definition) is 5. The average Bonchev–Trinajstić information content (AvgIpc) is 2.67. The zero-order valence-corrected chi connectivity index (χ0v) is 16.6. The maximum atomic E-state index is 10.9. The molecule has 27 heavy (non-hydrogen) atoms. The molecule has 8 nitrogen and oxygen atoms in total. The van der Waals surface area contributed by atoms with Gasteiger partial charge in [-0.25, -0.2) is 0 Å². The van der Waals surface area contributed by atoms with Gasteiger partial charge in [0, 0.05) is 30.7 Å². The van der Waals surface area contributed by atoms with Gasteiger partial charge in [-0.15, -0.1) is 0 Å². The molecule has 0 spiro atoms. The molecule has 0 aromatic heterocycles. The molecule has 0 radical (unpaired) electrons. The van der Waals surface area contributed by atoms with Crippen LogP contribution in [0.5, 0.6) is 0 Å². The number of Topliss-reactive ketones (excluding diaryl/α,β-unsaturated/α-hetero) is 1. The van der Waals surface area contributed by atoms with Crippen LogP contribution in [0.15, 0.2) is 0 Å². The largest absolute Gasteiger partial charge is 0.396 e. The lowest BCUT2D eigenvalue weighted by molar-refractivity contribution is -0.117. The molecule has 0 rings (SSSR count). The van der Waals surface area contributed by atoms with Gasteiger partial charge in [-0.1, -0.05) is 6.42 Å². The Morgan fingerprint density at radius 2 is 1.26 bits per heavy atom. The highest BCUT2D eigenvalue weighted by Gasteiger charge is 2.13. The molecule has 0 heterocycles. The summed E-state index contributed by atoms with van der Waals surface area (Å²) in [5, 5.41) is 39.7. The minimum atomic E-state index is -0.283. The van der Waals surface area contributed by atoms with E-state index in [1.807, 2.05) is 0 Å². The smallest absolute Gasteiger partial charge is 0.129 e. The first kappa shape index (κ1) is 26.4. The molecule has 162 valence electrons. The topological polar surface area (TPSA) is 128 Å². The number of carbonyl (C=O) groups is 1. The van der Waals surface area contributed by atoms with E-state index in [4.69, 9.17) is 29.9 Å². The van der Waals surface area contributed by atoms with Crippen LogP contribution in [-0.4, -0.2) is 92.2 Å². The van der Waals surface area contributed by atoms with Crippen LogP contribution < -0.4 is 5.32 Å². The van der Waals surface area contributed by atoms with Gasteiger partial charge in [0.15, 0.2) is 0 Å². The van der Waals surface area contributed by atoms with Crippen molar-refractivity contribution < 1.29 is 34.7 Å². The molecule has 0 aliphatic heterocycles. The minimum absolute atomic E-state index is 0.0818. The van der Waals surface area contributed by atoms with E-state index in [-0.39, 0.29) is 63.2 Å². The first-order valence-corrected chi connectivity index (χ1v) is 9.86. The van der Waals surface area contributed by atoms with Gasteiger partial charge < -0.3 is 40.0 Å². The van der Waals surface area contributed by atoms with E-state index in [1.54, 1.807) is 6.92 Å². The van der Waals surface area contributed by atoms with Crippen molar-refractivity contribution >= 4 is 5.78 Å². The highest BCUT2D eigenvalue weighted by molar-refractivity contribution is 5.75. The second kappa shape index (κ2) is 18.7. The normalized spacial score (nSPS) is 11.9. The Labute approximate surface area is 162 Å². The van der Waals surface area contributed by atoms with Crippen LogP contribution in [0.3, 0.4) is 0 Å². The highest BCUT2D eigenvalue weighted by Crippen LogP contribution is 2.04. The minimum Gasteiger partial charge on any atom is -0.396 e. The summed E-state index contributed by atoms with van der Waals surface area (Å²) < 4.78 is 11.2. The molecule has 0 bridgehead atoms. The van der Waals surface area contributed by atoms with Gasteiger partial charge in [0.05, 0.1) is 52.9 Å². The van der Waals surface area contributed by atoms with Crippen molar-refractivity contribution in [1.82, 2.24) is 5.32 Å². The van der Waals surface area contributed by atoms with E-state index in [9.17, 15) is 4.79 Å². The van der Waals surface area contributed by atoms with Crippen molar-refractivity contribution in [3.05, 3.63) is 0 Å². The van der Waals surface area contributed by atoms with E-state index in [2.05, 4.69) is 5.32 Å². The molecular weight excluding hydrogens is 354 g/mol. The second-order valence-corrected chi connectivity index (χ2v) is 7.12. The molecule has 0 fully saturated rings. The van der Waals surface area contributed by atoms with Crippen molar-refractivity contribution in [1.29, 1.82) is 0 Å². The van der Waals surface area contributed by atoms with Crippen LogP contribution in [0.1, 0.15) is 32.6 Å².